The van der Waals surface area contributed by atoms with Gasteiger partial charge in [-0.25, -0.2) is 4.98 Å². The minimum Gasteiger partial charge on any atom is -0.313 e. The smallest absolute Gasteiger partial charge is 0.235 e. The van der Waals surface area contributed by atoms with Crippen molar-refractivity contribution in [3.8, 4) is 17.3 Å². The van der Waals surface area contributed by atoms with Crippen LogP contribution in [0.5, 0.6) is 0 Å². The molecule has 1 aromatic heterocycles. The lowest BCUT2D eigenvalue weighted by Crippen LogP contribution is -2.25. The lowest BCUT2D eigenvalue weighted by Gasteiger charge is -2.12. The molecular formula is C22H26N4O. The van der Waals surface area contributed by atoms with Gasteiger partial charge in [-0.05, 0) is 42.6 Å². The maximum Gasteiger partial charge on any atom is 0.235 e. The minimum atomic E-state index is -0.123. The van der Waals surface area contributed by atoms with E-state index < -0.39 is 0 Å². The van der Waals surface area contributed by atoms with Gasteiger partial charge in [0.05, 0.1) is 23.2 Å². The molecule has 2 aromatic rings. The van der Waals surface area contributed by atoms with E-state index in [-0.39, 0.29) is 11.8 Å². The molecule has 2 heterocycles. The lowest BCUT2D eigenvalue weighted by atomic mass is 9.92. The van der Waals surface area contributed by atoms with Gasteiger partial charge in [-0.3, -0.25) is 9.69 Å². The predicted molar refractivity (Wildman–Crippen MR) is 107 cm³/mol. The second-order valence-electron chi connectivity index (χ2n) is 7.46. The molecule has 0 saturated heterocycles. The van der Waals surface area contributed by atoms with Crippen molar-refractivity contribution in [1.82, 2.24) is 10.3 Å². The third-order valence-electron chi connectivity index (χ3n) is 4.99. The van der Waals surface area contributed by atoms with Crippen LogP contribution in [-0.4, -0.2) is 24.5 Å². The number of rotatable bonds is 6. The lowest BCUT2D eigenvalue weighted by molar-refractivity contribution is -0.119. The van der Waals surface area contributed by atoms with Gasteiger partial charge in [-0.15, -0.1) is 0 Å². The van der Waals surface area contributed by atoms with Crippen LogP contribution >= 0.6 is 0 Å². The zero-order chi connectivity index (χ0) is 19.6. The topological polar surface area (TPSA) is 69.0 Å². The number of hydrogen-bond donors (Lipinski definition) is 1. The molecule has 140 valence electrons. The van der Waals surface area contributed by atoms with Crippen LogP contribution in [-0.2, 0) is 11.3 Å². The molecule has 1 unspecified atom stereocenters. The first-order valence-corrected chi connectivity index (χ1v) is 9.48. The average molecular weight is 362 g/mol. The Hall–Kier alpha value is -2.71. The fraction of sp³-hybridized carbons (Fsp3) is 0.409. The molecule has 27 heavy (non-hydrogen) atoms. The molecular weight excluding hydrogens is 336 g/mol. The Balaban J connectivity index is 2.03. The van der Waals surface area contributed by atoms with E-state index in [1.165, 1.54) is 0 Å². The molecule has 1 aliphatic rings. The van der Waals surface area contributed by atoms with Crippen LogP contribution in [0.3, 0.4) is 0 Å². The SMILES string of the molecule is CCNCc1ccc(C#N)c(-c2ccc3c(n2)N(C)C(=O)C3CC(C)C)c1. The van der Waals surface area contributed by atoms with Crippen LogP contribution in [0.1, 0.15) is 49.8 Å². The number of nitriles is 1. The molecule has 0 saturated carbocycles. The molecule has 1 aliphatic heterocycles. The van der Waals surface area contributed by atoms with Crippen LogP contribution in [0.15, 0.2) is 30.3 Å². The van der Waals surface area contributed by atoms with Gasteiger partial charge in [0.1, 0.15) is 5.82 Å². The Labute approximate surface area is 161 Å². The van der Waals surface area contributed by atoms with Gasteiger partial charge in [0.15, 0.2) is 0 Å². The van der Waals surface area contributed by atoms with E-state index in [0.29, 0.717) is 17.3 Å². The number of anilines is 1. The number of benzene rings is 1. The highest BCUT2D eigenvalue weighted by molar-refractivity contribution is 6.03. The van der Waals surface area contributed by atoms with Crippen LogP contribution in [0.25, 0.3) is 11.3 Å². The van der Waals surface area contributed by atoms with Crippen molar-refractivity contribution in [3.63, 3.8) is 0 Å². The third kappa shape index (κ3) is 3.72. The van der Waals surface area contributed by atoms with Gasteiger partial charge in [0.25, 0.3) is 0 Å². The largest absolute Gasteiger partial charge is 0.313 e. The van der Waals surface area contributed by atoms with Crippen molar-refractivity contribution in [2.24, 2.45) is 5.92 Å². The van der Waals surface area contributed by atoms with Crippen LogP contribution in [0.2, 0.25) is 0 Å². The summed E-state index contributed by atoms with van der Waals surface area (Å²) >= 11 is 0. The molecule has 5 heteroatoms. The number of aromatic nitrogens is 1. The quantitative estimate of drug-likeness (QED) is 0.848. The molecule has 5 nitrogen and oxygen atoms in total. The summed E-state index contributed by atoms with van der Waals surface area (Å²) in [6.07, 6.45) is 0.818. The molecule has 1 atom stereocenters. The second kappa shape index (κ2) is 7.89. The van der Waals surface area contributed by atoms with Crippen molar-refractivity contribution in [1.29, 1.82) is 5.26 Å². The minimum absolute atomic E-state index is 0.102. The molecule has 1 N–H and O–H groups in total. The highest BCUT2D eigenvalue weighted by atomic mass is 16.2. The molecule has 0 spiro atoms. The van der Waals surface area contributed by atoms with Crippen molar-refractivity contribution in [3.05, 3.63) is 47.0 Å². The Morgan fingerprint density at radius 2 is 2.07 bits per heavy atom. The zero-order valence-electron chi connectivity index (χ0n) is 16.4. The van der Waals surface area contributed by atoms with E-state index in [1.54, 1.807) is 11.9 Å². The van der Waals surface area contributed by atoms with E-state index in [9.17, 15) is 10.1 Å². The molecule has 0 radical (unpaired) electrons. The Bertz CT molecular complexity index is 898. The molecule has 0 bridgehead atoms. The second-order valence-corrected chi connectivity index (χ2v) is 7.46. The predicted octanol–water partition coefficient (Wildman–Crippen LogP) is 3.84. The number of nitrogens with zero attached hydrogens (tertiary/aromatic N) is 3. The first-order valence-electron chi connectivity index (χ1n) is 9.48. The van der Waals surface area contributed by atoms with E-state index in [0.717, 1.165) is 41.9 Å². The standard InChI is InChI=1S/C22H26N4O/c1-5-24-13-15-6-7-16(12-23)18(11-15)20-9-8-17-19(10-14(2)3)22(27)26(4)21(17)25-20/h6-9,11,14,19,24H,5,10,13H2,1-4H3. The van der Waals surface area contributed by atoms with Gasteiger partial charge in [-0.2, -0.15) is 5.26 Å². The molecule has 0 aliphatic carbocycles. The number of carbonyl (C=O) groups is 1. The summed E-state index contributed by atoms with van der Waals surface area (Å²) in [5, 5.41) is 12.8. The Morgan fingerprint density at radius 1 is 1.30 bits per heavy atom. The molecule has 0 fully saturated rings. The average Bonchev–Trinajstić information content (AvgIpc) is 2.90. The third-order valence-corrected chi connectivity index (χ3v) is 4.99. The van der Waals surface area contributed by atoms with Gasteiger partial charge in [-0.1, -0.05) is 32.9 Å². The number of amides is 1. The summed E-state index contributed by atoms with van der Waals surface area (Å²) in [7, 11) is 1.78. The van der Waals surface area contributed by atoms with E-state index in [1.807, 2.05) is 30.3 Å². The molecule has 1 amide bonds. The number of likely N-dealkylation sites (N-methyl/N-ethyl adjacent to an activating group) is 1. The molecule has 1 aromatic carbocycles. The summed E-state index contributed by atoms with van der Waals surface area (Å²) in [6, 6.07) is 12.0. The highest BCUT2D eigenvalue weighted by Gasteiger charge is 2.36. The van der Waals surface area contributed by atoms with Gasteiger partial charge in [0.2, 0.25) is 5.91 Å². The van der Waals surface area contributed by atoms with E-state index in [2.05, 4.69) is 32.2 Å². The van der Waals surface area contributed by atoms with Gasteiger partial charge < -0.3 is 5.32 Å². The van der Waals surface area contributed by atoms with Crippen molar-refractivity contribution in [2.75, 3.05) is 18.5 Å². The maximum atomic E-state index is 12.7. The summed E-state index contributed by atoms with van der Waals surface area (Å²) < 4.78 is 0. The zero-order valence-corrected chi connectivity index (χ0v) is 16.4. The summed E-state index contributed by atoms with van der Waals surface area (Å²) in [5.74, 6) is 1.13. The fourth-order valence-corrected chi connectivity index (χ4v) is 3.60. The Morgan fingerprint density at radius 3 is 2.74 bits per heavy atom. The van der Waals surface area contributed by atoms with Crippen LogP contribution in [0.4, 0.5) is 5.82 Å². The molecule has 3 rings (SSSR count). The first kappa shape index (κ1) is 19.1. The summed E-state index contributed by atoms with van der Waals surface area (Å²) in [4.78, 5) is 19.1. The van der Waals surface area contributed by atoms with Gasteiger partial charge in [0, 0.05) is 24.7 Å². The van der Waals surface area contributed by atoms with E-state index in [4.69, 9.17) is 4.98 Å². The Kier molecular flexibility index (Phi) is 5.57. The van der Waals surface area contributed by atoms with Crippen molar-refractivity contribution in [2.45, 2.75) is 39.7 Å². The van der Waals surface area contributed by atoms with Crippen LogP contribution in [0, 0.1) is 17.2 Å². The number of fused-ring (bicyclic) bond motifs is 1. The number of carbonyl (C=O) groups excluding carboxylic acids is 1. The fourth-order valence-electron chi connectivity index (χ4n) is 3.60. The monoisotopic (exact) mass is 362 g/mol. The number of nitrogens with one attached hydrogen (secondary N) is 1. The van der Waals surface area contributed by atoms with Crippen molar-refractivity contribution < 1.29 is 4.79 Å². The summed E-state index contributed by atoms with van der Waals surface area (Å²) in [5.41, 5.74) is 4.23. The number of hydrogen-bond acceptors (Lipinski definition) is 4. The summed E-state index contributed by atoms with van der Waals surface area (Å²) in [6.45, 7) is 7.95. The van der Waals surface area contributed by atoms with Crippen molar-refractivity contribution >= 4 is 11.7 Å². The number of pyridine rings is 1. The van der Waals surface area contributed by atoms with Crippen LogP contribution < -0.4 is 10.2 Å². The highest BCUT2D eigenvalue weighted by Crippen LogP contribution is 2.40. The normalized spacial score (nSPS) is 15.9. The van der Waals surface area contributed by atoms with Gasteiger partial charge >= 0.3 is 0 Å². The maximum absolute atomic E-state index is 12.7. The first-order chi connectivity index (χ1) is 13.0. The van der Waals surface area contributed by atoms with E-state index >= 15 is 0 Å².